The highest BCUT2D eigenvalue weighted by molar-refractivity contribution is 5.85. The molecule has 0 amide bonds. The Labute approximate surface area is 97.6 Å². The lowest BCUT2D eigenvalue weighted by Crippen LogP contribution is -2.36. The molecule has 0 saturated carbocycles. The number of rotatable bonds is 5. The van der Waals surface area contributed by atoms with Crippen LogP contribution in [0.3, 0.4) is 0 Å². The molecule has 0 radical (unpaired) electrons. The average molecular weight is 234 g/mol. The van der Waals surface area contributed by atoms with E-state index in [4.69, 9.17) is 5.11 Å². The highest BCUT2D eigenvalue weighted by Crippen LogP contribution is 2.24. The molecule has 1 heterocycles. The minimum atomic E-state index is -0.689. The number of carboxylic acid groups (broad SMARTS) is 1. The van der Waals surface area contributed by atoms with Crippen molar-refractivity contribution in [2.45, 2.75) is 32.2 Å². The molecular formula is C11H20ClNO2. The summed E-state index contributed by atoms with van der Waals surface area (Å²) in [6, 6.07) is -0.287. The summed E-state index contributed by atoms with van der Waals surface area (Å²) >= 11 is 0. The Morgan fingerprint density at radius 3 is 2.80 bits per heavy atom. The summed E-state index contributed by atoms with van der Waals surface area (Å²) in [5, 5.41) is 9.02. The molecule has 1 saturated heterocycles. The minimum Gasteiger partial charge on any atom is -0.480 e. The second-order valence-electron chi connectivity index (χ2n) is 3.93. The van der Waals surface area contributed by atoms with E-state index in [1.54, 1.807) is 0 Å². The fraction of sp³-hybridized carbons (Fsp3) is 0.727. The molecule has 1 rings (SSSR count). The number of unbranched alkanes of at least 4 members (excludes halogenated alkanes) is 1. The van der Waals surface area contributed by atoms with Gasteiger partial charge >= 0.3 is 5.97 Å². The highest BCUT2D eigenvalue weighted by Gasteiger charge is 2.34. The second-order valence-corrected chi connectivity index (χ2v) is 3.93. The molecule has 4 heteroatoms. The van der Waals surface area contributed by atoms with Crippen LogP contribution in [0.15, 0.2) is 12.7 Å². The summed E-state index contributed by atoms with van der Waals surface area (Å²) in [6.07, 6.45) is 4.79. The molecule has 1 fully saturated rings. The number of likely N-dealkylation sites (tertiary alicyclic amines) is 1. The highest BCUT2D eigenvalue weighted by atomic mass is 35.5. The van der Waals surface area contributed by atoms with Gasteiger partial charge in [-0.2, -0.15) is 0 Å². The van der Waals surface area contributed by atoms with Crippen molar-refractivity contribution in [1.29, 1.82) is 0 Å². The van der Waals surface area contributed by atoms with Crippen LogP contribution < -0.4 is 0 Å². The van der Waals surface area contributed by atoms with E-state index in [1.807, 2.05) is 6.08 Å². The summed E-state index contributed by atoms with van der Waals surface area (Å²) in [7, 11) is 0. The zero-order chi connectivity index (χ0) is 10.6. The zero-order valence-electron chi connectivity index (χ0n) is 9.19. The van der Waals surface area contributed by atoms with Gasteiger partial charge in [0, 0.05) is 6.54 Å². The molecule has 0 aromatic rings. The quantitative estimate of drug-likeness (QED) is 0.740. The first-order chi connectivity index (χ1) is 6.69. The van der Waals surface area contributed by atoms with E-state index in [0.29, 0.717) is 5.92 Å². The minimum absolute atomic E-state index is 0. The maximum atomic E-state index is 11.0. The number of aliphatic carboxylic acids is 1. The molecule has 15 heavy (non-hydrogen) atoms. The molecule has 3 nitrogen and oxygen atoms in total. The second kappa shape index (κ2) is 6.85. The molecule has 0 aromatic heterocycles. The first-order valence-electron chi connectivity index (χ1n) is 5.28. The summed E-state index contributed by atoms with van der Waals surface area (Å²) < 4.78 is 0. The molecule has 1 aliphatic heterocycles. The predicted molar refractivity (Wildman–Crippen MR) is 63.5 cm³/mol. The number of hydrogen-bond donors (Lipinski definition) is 1. The van der Waals surface area contributed by atoms with E-state index in [0.717, 1.165) is 32.4 Å². The molecule has 1 N–H and O–H groups in total. The molecule has 2 unspecified atom stereocenters. The summed E-state index contributed by atoms with van der Waals surface area (Å²) in [4.78, 5) is 13.0. The summed E-state index contributed by atoms with van der Waals surface area (Å²) in [5.74, 6) is -0.335. The summed E-state index contributed by atoms with van der Waals surface area (Å²) in [6.45, 7) is 7.62. The van der Waals surface area contributed by atoms with Crippen LogP contribution >= 0.6 is 12.4 Å². The molecule has 0 spiro atoms. The Bertz CT molecular complexity index is 221. The van der Waals surface area contributed by atoms with E-state index in [9.17, 15) is 4.79 Å². The Morgan fingerprint density at radius 2 is 2.33 bits per heavy atom. The predicted octanol–water partition coefficient (Wildman–Crippen LogP) is 2.17. The van der Waals surface area contributed by atoms with Crippen molar-refractivity contribution in [2.75, 3.05) is 13.1 Å². The third kappa shape index (κ3) is 3.84. The van der Waals surface area contributed by atoms with Gasteiger partial charge in [-0.25, -0.2) is 0 Å². The van der Waals surface area contributed by atoms with Gasteiger partial charge in [-0.3, -0.25) is 9.69 Å². The van der Waals surface area contributed by atoms with Crippen LogP contribution in [-0.2, 0) is 4.79 Å². The smallest absolute Gasteiger partial charge is 0.320 e. The monoisotopic (exact) mass is 233 g/mol. The first kappa shape index (κ1) is 14.5. The van der Waals surface area contributed by atoms with Gasteiger partial charge in [-0.15, -0.1) is 19.0 Å². The average Bonchev–Trinajstić information content (AvgIpc) is 2.58. The van der Waals surface area contributed by atoms with Crippen molar-refractivity contribution >= 4 is 18.4 Å². The van der Waals surface area contributed by atoms with E-state index in [-0.39, 0.29) is 18.4 Å². The molecule has 88 valence electrons. The number of halogens is 1. The molecule has 0 aromatic carbocycles. The number of nitrogens with zero attached hydrogens (tertiary/aromatic N) is 1. The van der Waals surface area contributed by atoms with Gasteiger partial charge in [0.05, 0.1) is 0 Å². The van der Waals surface area contributed by atoms with Gasteiger partial charge in [0.1, 0.15) is 6.04 Å². The van der Waals surface area contributed by atoms with Crippen LogP contribution in [0, 0.1) is 5.92 Å². The molecule has 1 aliphatic rings. The van der Waals surface area contributed by atoms with E-state index >= 15 is 0 Å². The van der Waals surface area contributed by atoms with Crippen molar-refractivity contribution < 1.29 is 9.90 Å². The lowest BCUT2D eigenvalue weighted by atomic mass is 10.1. The number of carboxylic acids is 1. The largest absolute Gasteiger partial charge is 0.480 e. The van der Waals surface area contributed by atoms with Gasteiger partial charge in [0.25, 0.3) is 0 Å². The topological polar surface area (TPSA) is 40.5 Å². The first-order valence-corrected chi connectivity index (χ1v) is 5.28. The van der Waals surface area contributed by atoms with Gasteiger partial charge in [-0.05, 0) is 25.3 Å². The maximum Gasteiger partial charge on any atom is 0.320 e. The van der Waals surface area contributed by atoms with Crippen LogP contribution in [-0.4, -0.2) is 35.1 Å². The van der Waals surface area contributed by atoms with Crippen molar-refractivity contribution in [1.82, 2.24) is 4.90 Å². The van der Waals surface area contributed by atoms with Gasteiger partial charge in [0.15, 0.2) is 0 Å². The van der Waals surface area contributed by atoms with Crippen LogP contribution in [0.4, 0.5) is 0 Å². The maximum absolute atomic E-state index is 11.0. The van der Waals surface area contributed by atoms with Crippen molar-refractivity contribution in [3.8, 4) is 0 Å². The van der Waals surface area contributed by atoms with Gasteiger partial charge in [0.2, 0.25) is 0 Å². The molecule has 2 atom stereocenters. The number of carbonyl (C=O) groups is 1. The third-order valence-corrected chi connectivity index (χ3v) is 2.85. The third-order valence-electron chi connectivity index (χ3n) is 2.85. The lowest BCUT2D eigenvalue weighted by Gasteiger charge is -2.20. The molecular weight excluding hydrogens is 214 g/mol. The van der Waals surface area contributed by atoms with Gasteiger partial charge < -0.3 is 5.11 Å². The van der Waals surface area contributed by atoms with Crippen molar-refractivity contribution in [3.05, 3.63) is 12.7 Å². The standard InChI is InChI=1S/C11H19NO2.ClH/c1-3-5-6-12-8-9(4-2)7-10(12)11(13)14;/h4,9-10H,2-3,5-8H2,1H3,(H,13,14);1H. The zero-order valence-corrected chi connectivity index (χ0v) is 10.0. The normalized spacial score (nSPS) is 25.9. The van der Waals surface area contributed by atoms with E-state index in [1.165, 1.54) is 0 Å². The Balaban J connectivity index is 0.00000196. The lowest BCUT2D eigenvalue weighted by molar-refractivity contribution is -0.142. The fourth-order valence-electron chi connectivity index (χ4n) is 1.97. The fourth-order valence-corrected chi connectivity index (χ4v) is 1.97. The number of hydrogen-bond acceptors (Lipinski definition) is 2. The van der Waals surface area contributed by atoms with Gasteiger partial charge in [-0.1, -0.05) is 19.4 Å². The van der Waals surface area contributed by atoms with Crippen molar-refractivity contribution in [2.24, 2.45) is 5.92 Å². The van der Waals surface area contributed by atoms with Crippen LogP contribution in [0.25, 0.3) is 0 Å². The van der Waals surface area contributed by atoms with E-state index < -0.39 is 5.97 Å². The Kier molecular flexibility index (Phi) is 6.61. The molecule has 0 bridgehead atoms. The summed E-state index contributed by atoms with van der Waals surface area (Å²) in [5.41, 5.74) is 0. The van der Waals surface area contributed by atoms with Crippen LogP contribution in [0.5, 0.6) is 0 Å². The Morgan fingerprint density at radius 1 is 1.67 bits per heavy atom. The molecule has 0 aliphatic carbocycles. The van der Waals surface area contributed by atoms with Crippen LogP contribution in [0.1, 0.15) is 26.2 Å². The van der Waals surface area contributed by atoms with E-state index in [2.05, 4.69) is 18.4 Å². The SMILES string of the molecule is C=CC1CC(C(=O)O)N(CCCC)C1.Cl. The Hall–Kier alpha value is -0.540. The van der Waals surface area contributed by atoms with Crippen molar-refractivity contribution in [3.63, 3.8) is 0 Å². The van der Waals surface area contributed by atoms with Crippen LogP contribution in [0.2, 0.25) is 0 Å².